The molecule has 0 aromatic rings. The third kappa shape index (κ3) is 2.27. The Morgan fingerprint density at radius 1 is 1.75 bits per heavy atom. The Morgan fingerprint density at radius 2 is 2.50 bits per heavy atom. The van der Waals surface area contributed by atoms with Crippen LogP contribution in [0.1, 0.15) is 0 Å². The van der Waals surface area contributed by atoms with Crippen LogP contribution in [-0.4, -0.2) is 30.5 Å². The molecule has 1 N–H and O–H groups in total. The number of methoxy groups -OCH3 is 1. The lowest BCUT2D eigenvalue weighted by molar-refractivity contribution is -0.135. The van der Waals surface area contributed by atoms with Gasteiger partial charge in [0.25, 0.3) is 0 Å². The zero-order valence-electron chi connectivity index (χ0n) is 6.62. The standard InChI is InChI=1S/C7H9NO3S/c1-11-6(9)4-5-7(10)12-3-2-8-5/h4,8H,2-3H2,1H3/b5-4+. The maximum absolute atomic E-state index is 11.1. The average Bonchev–Trinajstić information content (AvgIpc) is 2.09. The van der Waals surface area contributed by atoms with Gasteiger partial charge in [-0.05, 0) is 0 Å². The van der Waals surface area contributed by atoms with Gasteiger partial charge in [-0.1, -0.05) is 11.8 Å². The first-order valence-electron chi connectivity index (χ1n) is 3.44. The molecule has 0 bridgehead atoms. The molecule has 0 aromatic carbocycles. The van der Waals surface area contributed by atoms with E-state index in [4.69, 9.17) is 0 Å². The van der Waals surface area contributed by atoms with Gasteiger partial charge in [0, 0.05) is 12.3 Å². The summed E-state index contributed by atoms with van der Waals surface area (Å²) in [7, 11) is 1.28. The van der Waals surface area contributed by atoms with Gasteiger partial charge < -0.3 is 10.1 Å². The van der Waals surface area contributed by atoms with Crippen LogP contribution >= 0.6 is 11.8 Å². The van der Waals surface area contributed by atoms with Crippen molar-refractivity contribution in [3.05, 3.63) is 11.8 Å². The van der Waals surface area contributed by atoms with Crippen molar-refractivity contribution in [3.63, 3.8) is 0 Å². The van der Waals surface area contributed by atoms with Crippen LogP contribution in [0, 0.1) is 0 Å². The Kier molecular flexibility index (Phi) is 3.16. The monoisotopic (exact) mass is 187 g/mol. The number of ether oxygens (including phenoxy) is 1. The molecule has 1 aliphatic heterocycles. The van der Waals surface area contributed by atoms with Crippen LogP contribution in [0.25, 0.3) is 0 Å². The minimum absolute atomic E-state index is 0.105. The Bertz CT molecular complexity index is 237. The number of hydrogen-bond acceptors (Lipinski definition) is 5. The molecular weight excluding hydrogens is 178 g/mol. The largest absolute Gasteiger partial charge is 0.466 e. The zero-order valence-corrected chi connectivity index (χ0v) is 7.44. The maximum Gasteiger partial charge on any atom is 0.332 e. The van der Waals surface area contributed by atoms with Crippen LogP contribution < -0.4 is 5.32 Å². The summed E-state index contributed by atoms with van der Waals surface area (Å²) < 4.78 is 4.38. The lowest BCUT2D eigenvalue weighted by Crippen LogP contribution is -2.28. The molecule has 5 heteroatoms. The van der Waals surface area contributed by atoms with Gasteiger partial charge in [-0.2, -0.15) is 0 Å². The quantitative estimate of drug-likeness (QED) is 0.459. The van der Waals surface area contributed by atoms with E-state index in [0.717, 1.165) is 5.75 Å². The van der Waals surface area contributed by atoms with E-state index in [1.165, 1.54) is 24.9 Å². The van der Waals surface area contributed by atoms with Gasteiger partial charge in [0.05, 0.1) is 18.9 Å². The van der Waals surface area contributed by atoms with E-state index in [1.807, 2.05) is 0 Å². The van der Waals surface area contributed by atoms with E-state index in [2.05, 4.69) is 10.1 Å². The average molecular weight is 187 g/mol. The highest BCUT2D eigenvalue weighted by Gasteiger charge is 2.16. The number of thioether (sulfide) groups is 1. The minimum Gasteiger partial charge on any atom is -0.466 e. The summed E-state index contributed by atoms with van der Waals surface area (Å²) in [5.41, 5.74) is 0.332. The summed E-state index contributed by atoms with van der Waals surface area (Å²) in [6, 6.07) is 0. The van der Waals surface area contributed by atoms with Crippen LogP contribution in [0.5, 0.6) is 0 Å². The molecule has 0 amide bonds. The van der Waals surface area contributed by atoms with E-state index in [0.29, 0.717) is 12.2 Å². The first-order chi connectivity index (χ1) is 5.74. The van der Waals surface area contributed by atoms with Crippen molar-refractivity contribution < 1.29 is 14.3 Å². The van der Waals surface area contributed by atoms with Crippen LogP contribution in [-0.2, 0) is 14.3 Å². The fourth-order valence-electron chi connectivity index (χ4n) is 0.766. The number of rotatable bonds is 1. The SMILES string of the molecule is COC(=O)/C=C1/NCCSC1=O. The van der Waals surface area contributed by atoms with Gasteiger partial charge in [-0.3, -0.25) is 4.79 Å². The second-order valence-corrected chi connectivity index (χ2v) is 3.21. The lowest BCUT2D eigenvalue weighted by Gasteiger charge is -2.13. The summed E-state index contributed by atoms with van der Waals surface area (Å²) >= 11 is 1.20. The van der Waals surface area contributed by atoms with Crippen molar-refractivity contribution in [2.24, 2.45) is 0 Å². The number of hydrogen-bond donors (Lipinski definition) is 1. The molecule has 0 aliphatic carbocycles. The van der Waals surface area contributed by atoms with Crippen molar-refractivity contribution in [1.82, 2.24) is 5.32 Å². The van der Waals surface area contributed by atoms with Gasteiger partial charge in [0.15, 0.2) is 0 Å². The van der Waals surface area contributed by atoms with Crippen LogP contribution in [0.3, 0.4) is 0 Å². The fourth-order valence-corrected chi connectivity index (χ4v) is 1.44. The molecule has 1 aliphatic rings. The van der Waals surface area contributed by atoms with E-state index in [9.17, 15) is 9.59 Å². The first kappa shape index (κ1) is 9.12. The van der Waals surface area contributed by atoms with Crippen molar-refractivity contribution >= 4 is 22.8 Å². The summed E-state index contributed by atoms with van der Waals surface area (Å²) in [5, 5.41) is 2.72. The molecule has 0 spiro atoms. The molecular formula is C7H9NO3S. The summed E-state index contributed by atoms with van der Waals surface area (Å²) in [6.07, 6.45) is 1.18. The van der Waals surface area contributed by atoms with Crippen molar-refractivity contribution in [2.75, 3.05) is 19.4 Å². The van der Waals surface area contributed by atoms with Gasteiger partial charge in [-0.15, -0.1) is 0 Å². The van der Waals surface area contributed by atoms with Gasteiger partial charge in [0.1, 0.15) is 0 Å². The van der Waals surface area contributed by atoms with E-state index < -0.39 is 5.97 Å². The summed E-state index contributed by atoms with van der Waals surface area (Å²) in [5.74, 6) is 0.241. The molecule has 1 rings (SSSR count). The van der Waals surface area contributed by atoms with Crippen LogP contribution in [0.2, 0.25) is 0 Å². The Balaban J connectivity index is 2.65. The zero-order chi connectivity index (χ0) is 8.97. The fraction of sp³-hybridized carbons (Fsp3) is 0.429. The normalized spacial score (nSPS) is 20.4. The lowest BCUT2D eigenvalue weighted by atomic mass is 10.4. The predicted octanol–water partition coefficient (Wildman–Crippen LogP) is -0.0937. The third-order valence-corrected chi connectivity index (χ3v) is 2.22. The minimum atomic E-state index is -0.506. The van der Waals surface area contributed by atoms with Gasteiger partial charge in [0.2, 0.25) is 5.12 Å². The van der Waals surface area contributed by atoms with Gasteiger partial charge >= 0.3 is 5.97 Å². The molecule has 4 nitrogen and oxygen atoms in total. The highest BCUT2D eigenvalue weighted by molar-refractivity contribution is 8.14. The Hall–Kier alpha value is -0.970. The molecule has 0 saturated carbocycles. The van der Waals surface area contributed by atoms with Crippen molar-refractivity contribution in [3.8, 4) is 0 Å². The first-order valence-corrected chi connectivity index (χ1v) is 4.43. The smallest absolute Gasteiger partial charge is 0.332 e. The molecule has 0 unspecified atom stereocenters. The highest BCUT2D eigenvalue weighted by atomic mass is 32.2. The number of carbonyl (C=O) groups is 2. The molecule has 0 aromatic heterocycles. The molecule has 12 heavy (non-hydrogen) atoms. The summed E-state index contributed by atoms with van der Waals surface area (Å²) in [6.45, 7) is 0.708. The number of nitrogens with one attached hydrogen (secondary N) is 1. The topological polar surface area (TPSA) is 55.4 Å². The number of esters is 1. The van der Waals surface area contributed by atoms with E-state index in [-0.39, 0.29) is 5.12 Å². The molecule has 1 heterocycles. The van der Waals surface area contributed by atoms with Crippen LogP contribution in [0.15, 0.2) is 11.8 Å². The van der Waals surface area contributed by atoms with Gasteiger partial charge in [-0.25, -0.2) is 4.79 Å². The summed E-state index contributed by atoms with van der Waals surface area (Å²) in [4.78, 5) is 21.8. The van der Waals surface area contributed by atoms with E-state index >= 15 is 0 Å². The highest BCUT2D eigenvalue weighted by Crippen LogP contribution is 2.12. The molecule has 0 radical (unpaired) electrons. The van der Waals surface area contributed by atoms with Crippen molar-refractivity contribution in [1.29, 1.82) is 0 Å². The number of carbonyl (C=O) groups excluding carboxylic acids is 2. The van der Waals surface area contributed by atoms with E-state index in [1.54, 1.807) is 0 Å². The van der Waals surface area contributed by atoms with Crippen LogP contribution in [0.4, 0.5) is 0 Å². The molecule has 0 atom stereocenters. The third-order valence-electron chi connectivity index (χ3n) is 1.33. The molecule has 66 valence electrons. The maximum atomic E-state index is 11.1. The second kappa shape index (κ2) is 4.15. The molecule has 1 fully saturated rings. The Morgan fingerprint density at radius 3 is 3.08 bits per heavy atom. The predicted molar refractivity (Wildman–Crippen MR) is 45.6 cm³/mol. The second-order valence-electron chi connectivity index (χ2n) is 2.14. The van der Waals surface area contributed by atoms with Crippen molar-refractivity contribution in [2.45, 2.75) is 0 Å². The molecule has 1 saturated heterocycles. The Labute approximate surface area is 74.3 Å².